The lowest BCUT2D eigenvalue weighted by atomic mass is 10.1. The number of aliphatic hydroxyl groups is 1. The SMILES string of the molecule is CC[C@@H](O)c1ccc(OCc2ccc(C(=O)NN)cc2)c(OC)c1. The van der Waals surface area contributed by atoms with Gasteiger partial charge in [-0.3, -0.25) is 10.2 Å². The molecule has 24 heavy (non-hydrogen) atoms. The predicted molar refractivity (Wildman–Crippen MR) is 90.7 cm³/mol. The van der Waals surface area contributed by atoms with E-state index in [1.807, 2.05) is 13.0 Å². The lowest BCUT2D eigenvalue weighted by molar-refractivity contribution is 0.0953. The first kappa shape index (κ1) is 17.8. The molecule has 0 bridgehead atoms. The minimum Gasteiger partial charge on any atom is -0.493 e. The number of methoxy groups -OCH3 is 1. The van der Waals surface area contributed by atoms with Crippen LogP contribution in [0, 0.1) is 0 Å². The zero-order chi connectivity index (χ0) is 17.5. The van der Waals surface area contributed by atoms with Crippen LogP contribution >= 0.6 is 0 Å². The summed E-state index contributed by atoms with van der Waals surface area (Å²) in [7, 11) is 1.56. The summed E-state index contributed by atoms with van der Waals surface area (Å²) in [5, 5.41) is 9.90. The van der Waals surface area contributed by atoms with Gasteiger partial charge >= 0.3 is 0 Å². The molecule has 0 unspecified atom stereocenters. The topological polar surface area (TPSA) is 93.8 Å². The number of nitrogens with one attached hydrogen (secondary N) is 1. The third-order valence-corrected chi connectivity index (χ3v) is 3.70. The Kier molecular flexibility index (Phi) is 6.17. The largest absolute Gasteiger partial charge is 0.493 e. The van der Waals surface area contributed by atoms with Crippen LogP contribution in [0.2, 0.25) is 0 Å². The molecule has 0 aromatic heterocycles. The van der Waals surface area contributed by atoms with Crippen molar-refractivity contribution >= 4 is 5.91 Å². The van der Waals surface area contributed by atoms with E-state index in [0.717, 1.165) is 11.1 Å². The van der Waals surface area contributed by atoms with E-state index in [0.29, 0.717) is 30.1 Å². The van der Waals surface area contributed by atoms with Gasteiger partial charge < -0.3 is 14.6 Å². The number of hydrazine groups is 1. The molecule has 4 N–H and O–H groups in total. The summed E-state index contributed by atoms with van der Waals surface area (Å²) in [5.41, 5.74) is 4.27. The number of carbonyl (C=O) groups is 1. The van der Waals surface area contributed by atoms with Gasteiger partial charge in [0.2, 0.25) is 0 Å². The minimum absolute atomic E-state index is 0.330. The third-order valence-electron chi connectivity index (χ3n) is 3.70. The van der Waals surface area contributed by atoms with E-state index in [9.17, 15) is 9.90 Å². The number of benzene rings is 2. The number of nitrogen functional groups attached to an aromatic ring is 1. The summed E-state index contributed by atoms with van der Waals surface area (Å²) >= 11 is 0. The lowest BCUT2D eigenvalue weighted by Crippen LogP contribution is -2.29. The molecule has 0 spiro atoms. The lowest BCUT2D eigenvalue weighted by Gasteiger charge is -2.14. The summed E-state index contributed by atoms with van der Waals surface area (Å²) < 4.78 is 11.1. The fourth-order valence-electron chi connectivity index (χ4n) is 2.24. The monoisotopic (exact) mass is 330 g/mol. The van der Waals surface area contributed by atoms with Crippen LogP contribution in [0.1, 0.15) is 40.9 Å². The molecule has 0 radical (unpaired) electrons. The van der Waals surface area contributed by atoms with Crippen LogP contribution in [0.5, 0.6) is 11.5 Å². The van der Waals surface area contributed by atoms with Gasteiger partial charge in [0, 0.05) is 5.56 Å². The Hall–Kier alpha value is -2.57. The van der Waals surface area contributed by atoms with Crippen LogP contribution in [0.15, 0.2) is 42.5 Å². The average Bonchev–Trinajstić information content (AvgIpc) is 2.65. The zero-order valence-corrected chi connectivity index (χ0v) is 13.8. The summed E-state index contributed by atoms with van der Waals surface area (Å²) in [5.74, 6) is 5.92. The number of nitrogens with two attached hydrogens (primary N) is 1. The Morgan fingerprint density at radius 2 is 1.92 bits per heavy atom. The van der Waals surface area contributed by atoms with Crippen LogP contribution in [0.25, 0.3) is 0 Å². The molecular formula is C18H22N2O4. The first-order valence-corrected chi connectivity index (χ1v) is 7.67. The molecule has 1 atom stereocenters. The van der Waals surface area contributed by atoms with Crippen molar-refractivity contribution in [2.24, 2.45) is 5.84 Å². The van der Waals surface area contributed by atoms with E-state index < -0.39 is 6.10 Å². The fourth-order valence-corrected chi connectivity index (χ4v) is 2.24. The second-order valence-electron chi connectivity index (χ2n) is 5.29. The van der Waals surface area contributed by atoms with Gasteiger partial charge in [0.25, 0.3) is 5.91 Å². The molecule has 2 aromatic rings. The highest BCUT2D eigenvalue weighted by atomic mass is 16.5. The van der Waals surface area contributed by atoms with Gasteiger partial charge in [0.15, 0.2) is 11.5 Å². The van der Waals surface area contributed by atoms with E-state index in [1.54, 1.807) is 43.5 Å². The van der Waals surface area contributed by atoms with Crippen molar-refractivity contribution in [3.63, 3.8) is 0 Å². The quantitative estimate of drug-likeness (QED) is 0.411. The molecule has 2 rings (SSSR count). The third kappa shape index (κ3) is 4.24. The first-order valence-electron chi connectivity index (χ1n) is 7.67. The van der Waals surface area contributed by atoms with E-state index in [4.69, 9.17) is 15.3 Å². The van der Waals surface area contributed by atoms with Gasteiger partial charge in [-0.05, 0) is 41.8 Å². The molecule has 6 heteroatoms. The second kappa shape index (κ2) is 8.33. The molecule has 0 saturated heterocycles. The molecule has 0 aliphatic carbocycles. The number of ether oxygens (including phenoxy) is 2. The molecule has 0 aliphatic rings. The summed E-state index contributed by atoms with van der Waals surface area (Å²) in [6.45, 7) is 2.24. The molecular weight excluding hydrogens is 308 g/mol. The van der Waals surface area contributed by atoms with Gasteiger partial charge in [0.05, 0.1) is 13.2 Å². The van der Waals surface area contributed by atoms with E-state index in [1.165, 1.54) is 0 Å². The number of aliphatic hydroxyl groups excluding tert-OH is 1. The van der Waals surface area contributed by atoms with E-state index in [2.05, 4.69) is 5.43 Å². The first-order chi connectivity index (χ1) is 11.6. The highest BCUT2D eigenvalue weighted by molar-refractivity contribution is 5.93. The summed E-state index contributed by atoms with van der Waals surface area (Å²) in [4.78, 5) is 11.4. The van der Waals surface area contributed by atoms with Crippen molar-refractivity contribution in [1.82, 2.24) is 5.43 Å². The van der Waals surface area contributed by atoms with Crippen molar-refractivity contribution in [2.45, 2.75) is 26.1 Å². The van der Waals surface area contributed by atoms with Gasteiger partial charge in [-0.15, -0.1) is 0 Å². The molecule has 0 aliphatic heterocycles. The fraction of sp³-hybridized carbons (Fsp3) is 0.278. The van der Waals surface area contributed by atoms with Crippen molar-refractivity contribution in [3.05, 3.63) is 59.2 Å². The molecule has 1 amide bonds. The van der Waals surface area contributed by atoms with E-state index >= 15 is 0 Å². The molecule has 0 heterocycles. The van der Waals surface area contributed by atoms with Crippen molar-refractivity contribution in [1.29, 1.82) is 0 Å². The highest BCUT2D eigenvalue weighted by Gasteiger charge is 2.11. The normalized spacial score (nSPS) is 11.7. The van der Waals surface area contributed by atoms with Gasteiger partial charge in [-0.1, -0.05) is 25.1 Å². The Balaban J connectivity index is 2.07. The Labute approximate surface area is 141 Å². The van der Waals surface area contributed by atoms with Gasteiger partial charge in [-0.25, -0.2) is 5.84 Å². The smallest absolute Gasteiger partial charge is 0.265 e. The second-order valence-corrected chi connectivity index (χ2v) is 5.29. The van der Waals surface area contributed by atoms with Gasteiger partial charge in [-0.2, -0.15) is 0 Å². The maximum Gasteiger partial charge on any atom is 0.265 e. The Bertz CT molecular complexity index is 686. The predicted octanol–water partition coefficient (Wildman–Crippen LogP) is 2.32. The van der Waals surface area contributed by atoms with Crippen LogP contribution in [-0.4, -0.2) is 18.1 Å². The number of amides is 1. The number of rotatable bonds is 7. The minimum atomic E-state index is -0.519. The van der Waals surface area contributed by atoms with Crippen LogP contribution in [0.4, 0.5) is 0 Å². The Morgan fingerprint density at radius 1 is 1.21 bits per heavy atom. The highest BCUT2D eigenvalue weighted by Crippen LogP contribution is 2.31. The number of carbonyl (C=O) groups excluding carboxylic acids is 1. The maximum atomic E-state index is 11.4. The Morgan fingerprint density at radius 3 is 2.50 bits per heavy atom. The van der Waals surface area contributed by atoms with E-state index in [-0.39, 0.29) is 5.91 Å². The number of hydrogen-bond acceptors (Lipinski definition) is 5. The molecule has 2 aromatic carbocycles. The van der Waals surface area contributed by atoms with Crippen LogP contribution in [-0.2, 0) is 6.61 Å². The zero-order valence-electron chi connectivity index (χ0n) is 13.8. The van der Waals surface area contributed by atoms with Crippen LogP contribution < -0.4 is 20.7 Å². The molecule has 0 fully saturated rings. The molecule has 6 nitrogen and oxygen atoms in total. The van der Waals surface area contributed by atoms with Crippen LogP contribution in [0.3, 0.4) is 0 Å². The standard InChI is InChI=1S/C18H22N2O4/c1-3-15(21)14-8-9-16(17(10-14)23-2)24-11-12-4-6-13(7-5-12)18(22)20-19/h4-10,15,21H,3,11,19H2,1-2H3,(H,20,22)/t15-/m1/s1. The summed E-state index contributed by atoms with van der Waals surface area (Å²) in [6.07, 6.45) is 0.112. The number of hydrogen-bond donors (Lipinski definition) is 3. The van der Waals surface area contributed by atoms with Crippen molar-refractivity contribution < 1.29 is 19.4 Å². The molecule has 0 saturated carbocycles. The van der Waals surface area contributed by atoms with Gasteiger partial charge in [0.1, 0.15) is 6.61 Å². The maximum absolute atomic E-state index is 11.4. The average molecular weight is 330 g/mol. The van der Waals surface area contributed by atoms with Crippen molar-refractivity contribution in [3.8, 4) is 11.5 Å². The molecule has 128 valence electrons. The van der Waals surface area contributed by atoms with Crippen molar-refractivity contribution in [2.75, 3.05) is 7.11 Å². The summed E-state index contributed by atoms with van der Waals surface area (Å²) in [6, 6.07) is 12.3.